The second kappa shape index (κ2) is 6.25. The summed E-state index contributed by atoms with van der Waals surface area (Å²) >= 11 is 1.71. The monoisotopic (exact) mass is 334 g/mol. The van der Waals surface area contributed by atoms with Gasteiger partial charge in [0.1, 0.15) is 11.4 Å². The number of fused-ring (bicyclic) bond motifs is 1. The Labute approximate surface area is 142 Å². The van der Waals surface area contributed by atoms with E-state index in [0.29, 0.717) is 17.9 Å². The van der Waals surface area contributed by atoms with Gasteiger partial charge in [-0.1, -0.05) is 12.1 Å². The Bertz CT molecular complexity index is 990. The van der Waals surface area contributed by atoms with E-state index in [4.69, 9.17) is 0 Å². The molecule has 0 aliphatic carbocycles. The highest BCUT2D eigenvalue weighted by Gasteiger charge is 2.11. The molecule has 6 heteroatoms. The quantitative estimate of drug-likeness (QED) is 0.599. The Morgan fingerprint density at radius 3 is 2.96 bits per heavy atom. The first kappa shape index (κ1) is 14.6. The Morgan fingerprint density at radius 1 is 1.12 bits per heavy atom. The van der Waals surface area contributed by atoms with Gasteiger partial charge in [-0.25, -0.2) is 0 Å². The second-order valence-electron chi connectivity index (χ2n) is 5.36. The van der Waals surface area contributed by atoms with Crippen molar-refractivity contribution in [1.82, 2.24) is 20.5 Å². The lowest BCUT2D eigenvalue weighted by Gasteiger charge is -2.04. The minimum absolute atomic E-state index is 0.185. The molecule has 0 aliphatic rings. The number of thiophene rings is 1. The van der Waals surface area contributed by atoms with Crippen molar-refractivity contribution >= 4 is 27.3 Å². The molecule has 2 N–H and O–H groups in total. The Morgan fingerprint density at radius 2 is 2.08 bits per heavy atom. The zero-order chi connectivity index (χ0) is 16.4. The number of nitrogens with zero attached hydrogens (tertiary/aromatic N) is 2. The summed E-state index contributed by atoms with van der Waals surface area (Å²) < 4.78 is 1.25. The number of H-pyrrole nitrogens is 1. The molecule has 1 amide bonds. The summed E-state index contributed by atoms with van der Waals surface area (Å²) in [7, 11) is 0. The van der Waals surface area contributed by atoms with E-state index in [0.717, 1.165) is 11.3 Å². The van der Waals surface area contributed by atoms with Gasteiger partial charge in [0.15, 0.2) is 0 Å². The predicted octanol–water partition coefficient (Wildman–Crippen LogP) is 3.62. The maximum Gasteiger partial charge on any atom is 0.269 e. The van der Waals surface area contributed by atoms with E-state index in [1.54, 1.807) is 23.6 Å². The van der Waals surface area contributed by atoms with Gasteiger partial charge < -0.3 is 5.32 Å². The molecule has 0 spiro atoms. The van der Waals surface area contributed by atoms with E-state index in [1.807, 2.05) is 24.3 Å². The van der Waals surface area contributed by atoms with Crippen LogP contribution in [0, 0.1) is 0 Å². The average molecular weight is 334 g/mol. The Kier molecular flexibility index (Phi) is 3.80. The van der Waals surface area contributed by atoms with Crippen molar-refractivity contribution in [2.75, 3.05) is 0 Å². The van der Waals surface area contributed by atoms with Gasteiger partial charge >= 0.3 is 0 Å². The number of benzene rings is 1. The number of aromatic nitrogens is 3. The van der Waals surface area contributed by atoms with Crippen LogP contribution in [0.4, 0.5) is 0 Å². The molecule has 0 unspecified atom stereocenters. The van der Waals surface area contributed by atoms with Crippen molar-refractivity contribution in [3.8, 4) is 11.4 Å². The largest absolute Gasteiger partial charge is 0.347 e. The third kappa shape index (κ3) is 2.91. The minimum atomic E-state index is -0.185. The summed E-state index contributed by atoms with van der Waals surface area (Å²) in [4.78, 5) is 16.5. The van der Waals surface area contributed by atoms with Gasteiger partial charge in [0, 0.05) is 17.4 Å². The van der Waals surface area contributed by atoms with Gasteiger partial charge in [-0.15, -0.1) is 11.3 Å². The summed E-state index contributed by atoms with van der Waals surface area (Å²) in [6, 6.07) is 15.6. The van der Waals surface area contributed by atoms with Crippen LogP contribution < -0.4 is 5.32 Å². The number of nitrogens with one attached hydrogen (secondary N) is 2. The number of amides is 1. The van der Waals surface area contributed by atoms with Gasteiger partial charge in [-0.2, -0.15) is 5.10 Å². The zero-order valence-corrected chi connectivity index (χ0v) is 13.5. The van der Waals surface area contributed by atoms with Gasteiger partial charge in [0.05, 0.1) is 5.69 Å². The normalized spacial score (nSPS) is 10.8. The van der Waals surface area contributed by atoms with Gasteiger partial charge in [0.25, 0.3) is 5.91 Å². The molecule has 3 heterocycles. The highest BCUT2D eigenvalue weighted by molar-refractivity contribution is 7.17. The fraction of sp³-hybridized carbons (Fsp3) is 0.0556. The first-order chi connectivity index (χ1) is 11.8. The number of pyridine rings is 1. The van der Waals surface area contributed by atoms with Gasteiger partial charge in [-0.3, -0.25) is 14.9 Å². The molecule has 1 aromatic carbocycles. The fourth-order valence-corrected chi connectivity index (χ4v) is 3.26. The lowest BCUT2D eigenvalue weighted by Crippen LogP contribution is -2.23. The maximum absolute atomic E-state index is 12.3. The summed E-state index contributed by atoms with van der Waals surface area (Å²) in [6.45, 7) is 0.475. The van der Waals surface area contributed by atoms with Crippen molar-refractivity contribution in [3.05, 3.63) is 71.4 Å². The SMILES string of the molecule is O=C(NCc1ccc2sccc2c1)c1cc(-c2ccccn2)n[nH]1. The number of carbonyl (C=O) groups is 1. The lowest BCUT2D eigenvalue weighted by atomic mass is 10.1. The summed E-state index contributed by atoms with van der Waals surface area (Å²) in [5.41, 5.74) is 2.88. The van der Waals surface area contributed by atoms with E-state index in [9.17, 15) is 4.79 Å². The van der Waals surface area contributed by atoms with Gasteiger partial charge in [0.2, 0.25) is 0 Å². The van der Waals surface area contributed by atoms with E-state index in [-0.39, 0.29) is 5.91 Å². The molecule has 0 fully saturated rings. The van der Waals surface area contributed by atoms with Crippen LogP contribution in [0.1, 0.15) is 16.1 Å². The topological polar surface area (TPSA) is 70.7 Å². The van der Waals surface area contributed by atoms with Crippen LogP contribution in [0.2, 0.25) is 0 Å². The van der Waals surface area contributed by atoms with E-state index in [1.165, 1.54) is 10.1 Å². The number of aromatic amines is 1. The van der Waals surface area contributed by atoms with Crippen molar-refractivity contribution < 1.29 is 4.79 Å². The molecule has 5 nitrogen and oxygen atoms in total. The van der Waals surface area contributed by atoms with Crippen LogP contribution >= 0.6 is 11.3 Å². The van der Waals surface area contributed by atoms with Crippen molar-refractivity contribution in [2.45, 2.75) is 6.54 Å². The molecular weight excluding hydrogens is 320 g/mol. The maximum atomic E-state index is 12.3. The molecule has 0 saturated heterocycles. The van der Waals surface area contributed by atoms with E-state index >= 15 is 0 Å². The third-order valence-electron chi connectivity index (χ3n) is 3.72. The van der Waals surface area contributed by atoms with E-state index in [2.05, 4.69) is 44.1 Å². The molecule has 3 aromatic heterocycles. The van der Waals surface area contributed by atoms with Crippen LogP contribution in [-0.2, 0) is 6.54 Å². The number of hydrogen-bond acceptors (Lipinski definition) is 4. The number of carbonyl (C=O) groups excluding carboxylic acids is 1. The molecule has 4 rings (SSSR count). The molecule has 24 heavy (non-hydrogen) atoms. The summed E-state index contributed by atoms with van der Waals surface area (Å²) in [6.07, 6.45) is 1.70. The lowest BCUT2D eigenvalue weighted by molar-refractivity contribution is 0.0946. The first-order valence-electron chi connectivity index (χ1n) is 7.51. The Balaban J connectivity index is 1.45. The molecule has 4 aromatic rings. The van der Waals surface area contributed by atoms with Gasteiger partial charge in [-0.05, 0) is 52.7 Å². The average Bonchev–Trinajstić information content (AvgIpc) is 3.29. The Hall–Kier alpha value is -2.99. The second-order valence-corrected chi connectivity index (χ2v) is 6.30. The van der Waals surface area contributed by atoms with Crippen LogP contribution in [0.3, 0.4) is 0 Å². The standard InChI is InChI=1S/C18H14N4OS/c23-18(16-10-15(21-22-16)14-3-1-2-7-19-14)20-11-12-4-5-17-13(9-12)6-8-24-17/h1-10H,11H2,(H,20,23)(H,21,22). The van der Waals surface area contributed by atoms with Crippen LogP contribution in [-0.4, -0.2) is 21.1 Å². The number of rotatable bonds is 4. The highest BCUT2D eigenvalue weighted by Crippen LogP contribution is 2.21. The summed E-state index contributed by atoms with van der Waals surface area (Å²) in [5, 5.41) is 13.1. The minimum Gasteiger partial charge on any atom is -0.347 e. The molecule has 0 bridgehead atoms. The molecule has 118 valence electrons. The summed E-state index contributed by atoms with van der Waals surface area (Å²) in [5.74, 6) is -0.185. The third-order valence-corrected chi connectivity index (χ3v) is 4.62. The molecular formula is C18H14N4OS. The number of hydrogen-bond donors (Lipinski definition) is 2. The van der Waals surface area contributed by atoms with Crippen molar-refractivity contribution in [3.63, 3.8) is 0 Å². The fourth-order valence-electron chi connectivity index (χ4n) is 2.49. The highest BCUT2D eigenvalue weighted by atomic mass is 32.1. The van der Waals surface area contributed by atoms with Crippen LogP contribution in [0.25, 0.3) is 21.5 Å². The van der Waals surface area contributed by atoms with Crippen LogP contribution in [0.5, 0.6) is 0 Å². The smallest absolute Gasteiger partial charge is 0.269 e. The van der Waals surface area contributed by atoms with E-state index < -0.39 is 0 Å². The first-order valence-corrected chi connectivity index (χ1v) is 8.39. The molecule has 0 aliphatic heterocycles. The molecule has 0 radical (unpaired) electrons. The van der Waals surface area contributed by atoms with Crippen molar-refractivity contribution in [1.29, 1.82) is 0 Å². The van der Waals surface area contributed by atoms with Crippen molar-refractivity contribution in [2.24, 2.45) is 0 Å². The predicted molar refractivity (Wildman–Crippen MR) is 94.8 cm³/mol. The molecule has 0 saturated carbocycles. The van der Waals surface area contributed by atoms with Crippen LogP contribution in [0.15, 0.2) is 60.1 Å². The molecule has 0 atom stereocenters. The zero-order valence-electron chi connectivity index (χ0n) is 12.7.